The Morgan fingerprint density at radius 2 is 1.13 bits per heavy atom. The standard InChI is InChI=1S/C37H34N4.2C2H6/c1-6-7-15-32-26(2)40(34-17-12-11-16-33(32)34)31-24-20-28(21-25-31)36-39-38-35(41(36)30-13-9-8-10-14-30)27-18-22-29(23-19-27)37(3,4)5;2*1-2/h6-25H,1H2,2-5H3;2*1-2H3/b15-7-;;. The SMILES string of the molecule is C=C/C=C\c1c(C)n(-c2ccc(-c3nnc(-c4ccc(C(C)(C)C)cc4)n3-c3ccccc3)cc2)c2ccccc12.CC.CC. The zero-order valence-corrected chi connectivity index (χ0v) is 28.0. The minimum atomic E-state index is 0.0879. The van der Waals surface area contributed by atoms with Gasteiger partial charge in [0.1, 0.15) is 0 Å². The summed E-state index contributed by atoms with van der Waals surface area (Å²) in [5.74, 6) is 1.63. The lowest BCUT2D eigenvalue weighted by atomic mass is 9.86. The molecule has 45 heavy (non-hydrogen) atoms. The van der Waals surface area contributed by atoms with E-state index in [1.807, 2.05) is 58.0 Å². The fraction of sp³-hybridized carbons (Fsp3) is 0.220. The summed E-state index contributed by atoms with van der Waals surface area (Å²) in [6, 6.07) is 36.1. The van der Waals surface area contributed by atoms with Crippen LogP contribution < -0.4 is 0 Å². The zero-order chi connectivity index (χ0) is 32.6. The molecule has 230 valence electrons. The van der Waals surface area contributed by atoms with E-state index in [1.54, 1.807) is 0 Å². The molecule has 0 saturated carbocycles. The molecule has 6 aromatic rings. The first-order valence-corrected chi connectivity index (χ1v) is 16.0. The van der Waals surface area contributed by atoms with Gasteiger partial charge in [0.25, 0.3) is 0 Å². The third kappa shape index (κ3) is 6.76. The third-order valence-corrected chi connectivity index (χ3v) is 7.63. The molecule has 0 aliphatic rings. The highest BCUT2D eigenvalue weighted by atomic mass is 15.3. The van der Waals surface area contributed by atoms with Crippen molar-refractivity contribution in [2.24, 2.45) is 0 Å². The Balaban J connectivity index is 0.00000111. The maximum absolute atomic E-state index is 4.71. The van der Waals surface area contributed by atoms with Gasteiger partial charge in [-0.05, 0) is 60.4 Å². The molecule has 0 bridgehead atoms. The second-order valence-corrected chi connectivity index (χ2v) is 11.3. The Labute approximate surface area is 269 Å². The summed E-state index contributed by atoms with van der Waals surface area (Å²) < 4.78 is 4.46. The molecular weight excluding hydrogens is 548 g/mol. The number of fused-ring (bicyclic) bond motifs is 1. The smallest absolute Gasteiger partial charge is 0.168 e. The molecular formula is C41H46N4. The third-order valence-electron chi connectivity index (χ3n) is 7.63. The molecule has 4 aromatic carbocycles. The predicted molar refractivity (Wildman–Crippen MR) is 194 cm³/mol. The monoisotopic (exact) mass is 594 g/mol. The van der Waals surface area contributed by atoms with Crippen molar-refractivity contribution in [3.63, 3.8) is 0 Å². The van der Waals surface area contributed by atoms with Crippen LogP contribution in [0.4, 0.5) is 0 Å². The fourth-order valence-electron chi connectivity index (χ4n) is 5.46. The molecule has 0 fully saturated rings. The topological polar surface area (TPSA) is 35.6 Å². The Bertz CT molecular complexity index is 1860. The number of nitrogens with zero attached hydrogens (tertiary/aromatic N) is 4. The Hall–Kier alpha value is -4.96. The van der Waals surface area contributed by atoms with Crippen LogP contribution in [-0.4, -0.2) is 19.3 Å². The van der Waals surface area contributed by atoms with Crippen LogP contribution >= 0.6 is 0 Å². The Morgan fingerprint density at radius 3 is 1.69 bits per heavy atom. The average Bonchev–Trinajstić information content (AvgIpc) is 3.65. The van der Waals surface area contributed by atoms with Crippen LogP contribution in [0.3, 0.4) is 0 Å². The normalized spacial score (nSPS) is 11.1. The van der Waals surface area contributed by atoms with E-state index in [-0.39, 0.29) is 5.41 Å². The zero-order valence-electron chi connectivity index (χ0n) is 28.0. The first kappa shape index (κ1) is 32.9. The van der Waals surface area contributed by atoms with Gasteiger partial charge in [0.15, 0.2) is 11.6 Å². The molecule has 0 amide bonds. The highest BCUT2D eigenvalue weighted by Gasteiger charge is 2.20. The van der Waals surface area contributed by atoms with Gasteiger partial charge in [0, 0.05) is 39.1 Å². The lowest BCUT2D eigenvalue weighted by Gasteiger charge is -2.19. The number of hydrogen-bond donors (Lipinski definition) is 0. The van der Waals surface area contributed by atoms with Gasteiger partial charge in [-0.15, -0.1) is 10.2 Å². The summed E-state index contributed by atoms with van der Waals surface area (Å²) >= 11 is 0. The second kappa shape index (κ2) is 14.7. The quantitative estimate of drug-likeness (QED) is 0.180. The van der Waals surface area contributed by atoms with Crippen molar-refractivity contribution in [2.75, 3.05) is 0 Å². The molecule has 0 radical (unpaired) electrons. The Morgan fingerprint density at radius 1 is 0.622 bits per heavy atom. The molecule has 0 aliphatic carbocycles. The van der Waals surface area contributed by atoms with Crippen molar-refractivity contribution >= 4 is 17.0 Å². The summed E-state index contributed by atoms with van der Waals surface area (Å²) in [4.78, 5) is 0. The Kier molecular flexibility index (Phi) is 10.7. The van der Waals surface area contributed by atoms with Crippen LogP contribution in [0.5, 0.6) is 0 Å². The summed E-state index contributed by atoms with van der Waals surface area (Å²) in [7, 11) is 0. The molecule has 0 atom stereocenters. The van der Waals surface area contributed by atoms with Crippen molar-refractivity contribution in [3.05, 3.63) is 139 Å². The van der Waals surface area contributed by atoms with E-state index in [2.05, 4.69) is 134 Å². The van der Waals surface area contributed by atoms with E-state index >= 15 is 0 Å². The predicted octanol–water partition coefficient (Wildman–Crippen LogP) is 11.4. The summed E-state index contributed by atoms with van der Waals surface area (Å²) in [6.07, 6.45) is 5.94. The van der Waals surface area contributed by atoms with E-state index in [4.69, 9.17) is 10.2 Å². The van der Waals surface area contributed by atoms with Crippen LogP contribution in [0.15, 0.2) is 122 Å². The van der Waals surface area contributed by atoms with Gasteiger partial charge in [-0.3, -0.25) is 4.57 Å². The van der Waals surface area contributed by atoms with Crippen LogP contribution in [0.25, 0.3) is 51.1 Å². The van der Waals surface area contributed by atoms with Crippen molar-refractivity contribution in [3.8, 4) is 34.2 Å². The lowest BCUT2D eigenvalue weighted by molar-refractivity contribution is 0.590. The molecule has 0 spiro atoms. The van der Waals surface area contributed by atoms with E-state index in [9.17, 15) is 0 Å². The van der Waals surface area contributed by atoms with Crippen molar-refractivity contribution in [1.29, 1.82) is 0 Å². The van der Waals surface area contributed by atoms with E-state index in [0.29, 0.717) is 0 Å². The number of benzene rings is 4. The van der Waals surface area contributed by atoms with Crippen LogP contribution in [-0.2, 0) is 5.41 Å². The molecule has 0 aliphatic heterocycles. The summed E-state index contributed by atoms with van der Waals surface area (Å²) in [6.45, 7) is 20.7. The van der Waals surface area contributed by atoms with Gasteiger partial charge in [-0.25, -0.2) is 0 Å². The number of aromatic nitrogens is 4. The maximum atomic E-state index is 4.71. The average molecular weight is 595 g/mol. The van der Waals surface area contributed by atoms with Gasteiger partial charge < -0.3 is 4.57 Å². The first-order chi connectivity index (χ1) is 21.9. The molecule has 4 heteroatoms. The largest absolute Gasteiger partial charge is 0.313 e. The number of para-hydroxylation sites is 2. The first-order valence-electron chi connectivity index (χ1n) is 16.0. The highest BCUT2D eigenvalue weighted by molar-refractivity contribution is 5.93. The van der Waals surface area contributed by atoms with E-state index in [0.717, 1.165) is 34.2 Å². The molecule has 0 saturated heterocycles. The van der Waals surface area contributed by atoms with Gasteiger partial charge >= 0.3 is 0 Å². The van der Waals surface area contributed by atoms with Crippen LogP contribution in [0.1, 0.15) is 65.3 Å². The fourth-order valence-corrected chi connectivity index (χ4v) is 5.46. The van der Waals surface area contributed by atoms with Crippen molar-refractivity contribution < 1.29 is 0 Å². The molecule has 0 unspecified atom stereocenters. The molecule has 6 rings (SSSR count). The number of hydrogen-bond acceptors (Lipinski definition) is 2. The molecule has 2 aromatic heterocycles. The molecule has 2 heterocycles. The summed E-state index contributed by atoms with van der Waals surface area (Å²) in [5, 5.41) is 10.6. The van der Waals surface area contributed by atoms with E-state index < -0.39 is 0 Å². The molecule has 0 N–H and O–H groups in total. The lowest BCUT2D eigenvalue weighted by Crippen LogP contribution is -2.10. The van der Waals surface area contributed by atoms with Gasteiger partial charge in [0.2, 0.25) is 0 Å². The molecule has 4 nitrogen and oxygen atoms in total. The highest BCUT2D eigenvalue weighted by Crippen LogP contribution is 2.33. The minimum Gasteiger partial charge on any atom is -0.313 e. The van der Waals surface area contributed by atoms with Crippen molar-refractivity contribution in [2.45, 2.75) is 60.8 Å². The summed E-state index contributed by atoms with van der Waals surface area (Å²) in [5.41, 5.74) is 9.11. The van der Waals surface area contributed by atoms with Gasteiger partial charge in [0.05, 0.1) is 5.52 Å². The number of rotatable bonds is 6. The maximum Gasteiger partial charge on any atom is 0.168 e. The van der Waals surface area contributed by atoms with Crippen molar-refractivity contribution in [1.82, 2.24) is 19.3 Å². The van der Waals surface area contributed by atoms with Crippen LogP contribution in [0.2, 0.25) is 0 Å². The van der Waals surface area contributed by atoms with Gasteiger partial charge in [-0.2, -0.15) is 0 Å². The minimum absolute atomic E-state index is 0.0879. The van der Waals surface area contributed by atoms with Crippen LogP contribution in [0, 0.1) is 6.92 Å². The van der Waals surface area contributed by atoms with Gasteiger partial charge in [-0.1, -0.05) is 134 Å². The van der Waals surface area contributed by atoms with E-state index in [1.165, 1.54) is 27.7 Å². The number of allylic oxidation sites excluding steroid dienone is 2. The second-order valence-electron chi connectivity index (χ2n) is 11.3.